The van der Waals surface area contributed by atoms with Crippen LogP contribution in [0.5, 0.6) is 0 Å². The molecule has 5 nitrogen and oxygen atoms in total. The van der Waals surface area contributed by atoms with E-state index in [9.17, 15) is 4.79 Å². The van der Waals surface area contributed by atoms with Crippen LogP contribution in [0.3, 0.4) is 0 Å². The molecule has 5 heteroatoms. The molecule has 2 heterocycles. The number of hydrogen-bond donors (Lipinski definition) is 1. The van der Waals surface area contributed by atoms with Crippen molar-refractivity contribution in [3.8, 4) is 0 Å². The number of methoxy groups -OCH3 is 1. The van der Waals surface area contributed by atoms with Gasteiger partial charge in [0.15, 0.2) is 5.76 Å². The van der Waals surface area contributed by atoms with E-state index in [1.165, 1.54) is 0 Å². The van der Waals surface area contributed by atoms with Crippen molar-refractivity contribution < 1.29 is 13.9 Å². The monoisotopic (exact) mass is 330 g/mol. The molecule has 1 aliphatic heterocycles. The largest absolute Gasteiger partial charge is 0.451 e. The van der Waals surface area contributed by atoms with Crippen LogP contribution in [0.4, 0.5) is 0 Å². The van der Waals surface area contributed by atoms with Crippen LogP contribution >= 0.6 is 0 Å². The van der Waals surface area contributed by atoms with Gasteiger partial charge in [0.25, 0.3) is 5.91 Å². The Morgan fingerprint density at radius 1 is 1.33 bits per heavy atom. The second-order valence-electron chi connectivity index (χ2n) is 6.96. The van der Waals surface area contributed by atoms with Crippen LogP contribution in [0, 0.1) is 13.8 Å². The van der Waals surface area contributed by atoms with Crippen LogP contribution in [0.2, 0.25) is 0 Å². The molecular weight excluding hydrogens is 304 g/mol. The van der Waals surface area contributed by atoms with E-state index in [1.807, 2.05) is 32.0 Å². The van der Waals surface area contributed by atoms with Crippen molar-refractivity contribution in [3.05, 3.63) is 35.1 Å². The van der Waals surface area contributed by atoms with Gasteiger partial charge in [-0.25, -0.2) is 0 Å². The van der Waals surface area contributed by atoms with Gasteiger partial charge in [0.2, 0.25) is 0 Å². The molecule has 0 saturated carbocycles. The van der Waals surface area contributed by atoms with Crippen molar-refractivity contribution in [2.75, 3.05) is 20.2 Å². The van der Waals surface area contributed by atoms with Crippen LogP contribution in [0.15, 0.2) is 22.6 Å². The summed E-state index contributed by atoms with van der Waals surface area (Å²) in [5.41, 5.74) is 2.76. The SMILES string of the molecule is COC1CN(C(C)C)CC1NC(=O)c1oc2cc(C)ccc2c1C. The maximum absolute atomic E-state index is 12.7. The first-order valence-electron chi connectivity index (χ1n) is 8.48. The predicted octanol–water partition coefficient (Wildman–Crippen LogP) is 2.89. The second kappa shape index (κ2) is 6.57. The Balaban J connectivity index is 1.81. The number of amides is 1. The highest BCUT2D eigenvalue weighted by molar-refractivity contribution is 5.99. The first kappa shape index (κ1) is 17.0. The summed E-state index contributed by atoms with van der Waals surface area (Å²) in [4.78, 5) is 15.0. The lowest BCUT2D eigenvalue weighted by Gasteiger charge is -2.19. The highest BCUT2D eigenvalue weighted by atomic mass is 16.5. The zero-order chi connectivity index (χ0) is 17.4. The number of carbonyl (C=O) groups is 1. The normalized spacial score (nSPS) is 21.8. The highest BCUT2D eigenvalue weighted by Crippen LogP contribution is 2.26. The van der Waals surface area contributed by atoms with Gasteiger partial charge in [0, 0.05) is 37.2 Å². The number of nitrogens with zero attached hydrogens (tertiary/aromatic N) is 1. The highest BCUT2D eigenvalue weighted by Gasteiger charge is 2.35. The molecule has 2 atom stereocenters. The Labute approximate surface area is 143 Å². The van der Waals surface area contributed by atoms with Crippen molar-refractivity contribution in [1.82, 2.24) is 10.2 Å². The summed E-state index contributed by atoms with van der Waals surface area (Å²) in [7, 11) is 1.70. The number of furan rings is 1. The van der Waals surface area contributed by atoms with Gasteiger partial charge in [-0.2, -0.15) is 0 Å². The molecule has 0 bridgehead atoms. The topological polar surface area (TPSA) is 54.7 Å². The van der Waals surface area contributed by atoms with E-state index in [0.29, 0.717) is 11.8 Å². The minimum Gasteiger partial charge on any atom is -0.451 e. The molecule has 0 radical (unpaired) electrons. The summed E-state index contributed by atoms with van der Waals surface area (Å²) < 4.78 is 11.4. The molecule has 24 heavy (non-hydrogen) atoms. The van der Waals surface area contributed by atoms with Gasteiger partial charge in [0.1, 0.15) is 5.58 Å². The minimum atomic E-state index is -0.168. The number of hydrogen-bond acceptors (Lipinski definition) is 4. The Kier molecular flexibility index (Phi) is 4.65. The van der Waals surface area contributed by atoms with Gasteiger partial charge in [-0.15, -0.1) is 0 Å². The number of fused-ring (bicyclic) bond motifs is 1. The van der Waals surface area contributed by atoms with Gasteiger partial charge in [-0.3, -0.25) is 9.69 Å². The van der Waals surface area contributed by atoms with Crippen LogP contribution < -0.4 is 5.32 Å². The van der Waals surface area contributed by atoms with Gasteiger partial charge in [-0.1, -0.05) is 12.1 Å². The number of nitrogens with one attached hydrogen (secondary N) is 1. The molecule has 130 valence electrons. The molecule has 1 aromatic carbocycles. The molecular formula is C19H26N2O3. The van der Waals surface area contributed by atoms with Gasteiger partial charge in [-0.05, 0) is 39.3 Å². The van der Waals surface area contributed by atoms with Gasteiger partial charge in [0.05, 0.1) is 12.1 Å². The maximum atomic E-state index is 12.7. The molecule has 0 spiro atoms. The van der Waals surface area contributed by atoms with E-state index in [-0.39, 0.29) is 18.1 Å². The lowest BCUT2D eigenvalue weighted by atomic mass is 10.1. The fourth-order valence-electron chi connectivity index (χ4n) is 3.39. The van der Waals surface area contributed by atoms with Crippen molar-refractivity contribution in [3.63, 3.8) is 0 Å². The van der Waals surface area contributed by atoms with Gasteiger partial charge >= 0.3 is 0 Å². The zero-order valence-electron chi connectivity index (χ0n) is 15.1. The van der Waals surface area contributed by atoms with Crippen molar-refractivity contribution in [2.45, 2.75) is 45.9 Å². The Morgan fingerprint density at radius 2 is 2.08 bits per heavy atom. The molecule has 1 aliphatic rings. The fraction of sp³-hybridized carbons (Fsp3) is 0.526. The standard InChI is InChI=1S/C19H26N2O3/c1-11(2)21-9-15(17(10-21)23-5)20-19(22)18-13(4)14-7-6-12(3)8-16(14)24-18/h6-8,11,15,17H,9-10H2,1-5H3,(H,20,22). The molecule has 3 rings (SSSR count). The summed E-state index contributed by atoms with van der Waals surface area (Å²) in [6.45, 7) is 9.88. The van der Waals surface area contributed by atoms with E-state index in [4.69, 9.17) is 9.15 Å². The van der Waals surface area contributed by atoms with E-state index < -0.39 is 0 Å². The summed E-state index contributed by atoms with van der Waals surface area (Å²) in [6, 6.07) is 6.41. The number of likely N-dealkylation sites (tertiary alicyclic amines) is 1. The third-order valence-corrected chi connectivity index (χ3v) is 4.94. The summed E-state index contributed by atoms with van der Waals surface area (Å²) >= 11 is 0. The van der Waals surface area contributed by atoms with Crippen molar-refractivity contribution in [1.29, 1.82) is 0 Å². The zero-order valence-corrected chi connectivity index (χ0v) is 15.1. The van der Waals surface area contributed by atoms with Gasteiger partial charge < -0.3 is 14.5 Å². The summed E-state index contributed by atoms with van der Waals surface area (Å²) in [5.74, 6) is 0.229. The average molecular weight is 330 g/mol. The number of carbonyl (C=O) groups excluding carboxylic acids is 1. The quantitative estimate of drug-likeness (QED) is 0.936. The smallest absolute Gasteiger partial charge is 0.287 e. The molecule has 1 aromatic heterocycles. The van der Waals surface area contributed by atoms with Crippen LogP contribution in [0.25, 0.3) is 11.0 Å². The summed E-state index contributed by atoms with van der Waals surface area (Å²) in [5, 5.41) is 4.09. The molecule has 0 aliphatic carbocycles. The minimum absolute atomic E-state index is 0.00304. The second-order valence-corrected chi connectivity index (χ2v) is 6.96. The van der Waals surface area contributed by atoms with Crippen molar-refractivity contribution >= 4 is 16.9 Å². The molecule has 1 saturated heterocycles. The molecule has 2 unspecified atom stereocenters. The van der Waals surface area contributed by atoms with Crippen molar-refractivity contribution in [2.24, 2.45) is 0 Å². The first-order valence-corrected chi connectivity index (χ1v) is 8.48. The van der Waals surface area contributed by atoms with E-state index >= 15 is 0 Å². The maximum Gasteiger partial charge on any atom is 0.287 e. The fourth-order valence-corrected chi connectivity index (χ4v) is 3.39. The number of ether oxygens (including phenoxy) is 1. The average Bonchev–Trinajstić information content (AvgIpc) is 3.08. The van der Waals surface area contributed by atoms with E-state index in [2.05, 4.69) is 24.1 Å². The Bertz CT molecular complexity index is 750. The molecule has 1 N–H and O–H groups in total. The molecule has 1 amide bonds. The number of aryl methyl sites for hydroxylation is 2. The first-order chi connectivity index (χ1) is 11.4. The number of rotatable bonds is 4. The van der Waals surface area contributed by atoms with E-state index in [0.717, 1.165) is 35.2 Å². The lowest BCUT2D eigenvalue weighted by Crippen LogP contribution is -2.43. The van der Waals surface area contributed by atoms with Crippen LogP contribution in [-0.2, 0) is 4.74 Å². The Morgan fingerprint density at radius 3 is 2.75 bits per heavy atom. The Hall–Kier alpha value is -1.85. The van der Waals surface area contributed by atoms with Crippen LogP contribution in [0.1, 0.15) is 35.5 Å². The predicted molar refractivity (Wildman–Crippen MR) is 94.4 cm³/mol. The molecule has 2 aromatic rings. The molecule has 1 fully saturated rings. The number of benzene rings is 1. The third-order valence-electron chi connectivity index (χ3n) is 4.94. The summed E-state index contributed by atoms with van der Waals surface area (Å²) in [6.07, 6.45) is 0.00304. The third kappa shape index (κ3) is 3.06. The lowest BCUT2D eigenvalue weighted by molar-refractivity contribution is 0.0737. The van der Waals surface area contributed by atoms with E-state index in [1.54, 1.807) is 7.11 Å². The van der Waals surface area contributed by atoms with Crippen LogP contribution in [-0.4, -0.2) is 49.2 Å².